The lowest BCUT2D eigenvalue weighted by Crippen LogP contribution is -2.59. The maximum absolute atomic E-state index is 12.2. The third-order valence-electron chi connectivity index (χ3n) is 4.79. The van der Waals surface area contributed by atoms with Gasteiger partial charge in [-0.25, -0.2) is 0 Å². The normalized spacial score (nSPS) is 28.5. The summed E-state index contributed by atoms with van der Waals surface area (Å²) in [6, 6.07) is 0. The van der Waals surface area contributed by atoms with Crippen molar-refractivity contribution in [3.63, 3.8) is 0 Å². The summed E-state index contributed by atoms with van der Waals surface area (Å²) in [6.07, 6.45) is 4.90. The molecule has 1 aliphatic carbocycles. The molecule has 0 saturated heterocycles. The van der Waals surface area contributed by atoms with E-state index in [1.54, 1.807) is 0 Å². The second-order valence-electron chi connectivity index (χ2n) is 6.88. The highest BCUT2D eigenvalue weighted by molar-refractivity contribution is 5.85. The molecule has 2 N–H and O–H groups in total. The summed E-state index contributed by atoms with van der Waals surface area (Å²) in [5, 5.41) is 6.20. The second kappa shape index (κ2) is 6.23. The van der Waals surface area contributed by atoms with Crippen molar-refractivity contribution in [1.29, 1.82) is 0 Å². The number of hydrogen-bond acceptors (Lipinski definition) is 3. The van der Waals surface area contributed by atoms with E-state index in [-0.39, 0.29) is 11.4 Å². The Labute approximate surface area is 118 Å². The Bertz CT molecular complexity index is 315. The van der Waals surface area contributed by atoms with E-state index in [1.807, 2.05) is 20.9 Å². The molecule has 1 fully saturated rings. The summed E-state index contributed by atoms with van der Waals surface area (Å²) in [5.74, 6) is 0.819. The van der Waals surface area contributed by atoms with E-state index in [4.69, 9.17) is 0 Å². The molecule has 0 spiro atoms. The highest BCUT2D eigenvalue weighted by atomic mass is 16.2. The average Bonchev–Trinajstić information content (AvgIpc) is 2.35. The van der Waals surface area contributed by atoms with Crippen molar-refractivity contribution >= 4 is 5.91 Å². The molecule has 0 aromatic carbocycles. The fraction of sp³-hybridized carbons (Fsp3) is 0.933. The van der Waals surface area contributed by atoms with Crippen molar-refractivity contribution in [2.45, 2.75) is 57.5 Å². The zero-order valence-electron chi connectivity index (χ0n) is 13.5. The Morgan fingerprint density at radius 1 is 1.42 bits per heavy atom. The van der Waals surface area contributed by atoms with Gasteiger partial charge in [-0.2, -0.15) is 0 Å². The molecular formula is C15H31N3O. The van der Waals surface area contributed by atoms with Crippen LogP contribution < -0.4 is 10.6 Å². The van der Waals surface area contributed by atoms with Gasteiger partial charge in [-0.15, -0.1) is 0 Å². The zero-order chi connectivity index (χ0) is 14.7. The van der Waals surface area contributed by atoms with Crippen LogP contribution in [-0.2, 0) is 4.79 Å². The molecule has 1 amide bonds. The minimum absolute atomic E-state index is 0.0782. The topological polar surface area (TPSA) is 44.4 Å². The molecule has 1 aliphatic rings. The van der Waals surface area contributed by atoms with Gasteiger partial charge < -0.3 is 15.5 Å². The van der Waals surface area contributed by atoms with Crippen LogP contribution in [0.1, 0.15) is 46.5 Å². The van der Waals surface area contributed by atoms with E-state index in [0.717, 1.165) is 12.5 Å². The molecule has 1 rings (SSSR count). The van der Waals surface area contributed by atoms with Gasteiger partial charge in [-0.1, -0.05) is 19.8 Å². The third kappa shape index (κ3) is 3.93. The number of nitrogens with one attached hydrogen (secondary N) is 2. The lowest BCUT2D eigenvalue weighted by Gasteiger charge is -2.45. The van der Waals surface area contributed by atoms with Crippen LogP contribution >= 0.6 is 0 Å². The Balaban J connectivity index is 2.68. The zero-order valence-corrected chi connectivity index (χ0v) is 13.5. The van der Waals surface area contributed by atoms with Gasteiger partial charge in [0.25, 0.3) is 0 Å². The second-order valence-corrected chi connectivity index (χ2v) is 6.88. The molecule has 1 saturated carbocycles. The van der Waals surface area contributed by atoms with Gasteiger partial charge in [0, 0.05) is 12.1 Å². The third-order valence-corrected chi connectivity index (χ3v) is 4.79. The minimum atomic E-state index is -0.506. The quantitative estimate of drug-likeness (QED) is 0.797. The van der Waals surface area contributed by atoms with Crippen molar-refractivity contribution in [3.05, 3.63) is 0 Å². The highest BCUT2D eigenvalue weighted by Crippen LogP contribution is 2.35. The summed E-state index contributed by atoms with van der Waals surface area (Å²) in [4.78, 5) is 14.5. The number of nitrogens with zero attached hydrogens (tertiary/aromatic N) is 1. The fourth-order valence-electron chi connectivity index (χ4n) is 2.94. The number of carbonyl (C=O) groups is 1. The summed E-state index contributed by atoms with van der Waals surface area (Å²) in [7, 11) is 6.09. The van der Waals surface area contributed by atoms with Crippen molar-refractivity contribution in [2.24, 2.45) is 5.92 Å². The van der Waals surface area contributed by atoms with Crippen LogP contribution in [0.3, 0.4) is 0 Å². The van der Waals surface area contributed by atoms with E-state index in [0.29, 0.717) is 0 Å². The highest BCUT2D eigenvalue weighted by Gasteiger charge is 2.38. The van der Waals surface area contributed by atoms with E-state index in [9.17, 15) is 4.79 Å². The first-order valence-electron chi connectivity index (χ1n) is 7.38. The van der Waals surface area contributed by atoms with Gasteiger partial charge in [0.05, 0.1) is 5.54 Å². The molecule has 112 valence electrons. The number of carbonyl (C=O) groups excluding carboxylic acids is 1. The van der Waals surface area contributed by atoms with Crippen LogP contribution in [0.4, 0.5) is 0 Å². The van der Waals surface area contributed by atoms with Crippen LogP contribution in [0.15, 0.2) is 0 Å². The van der Waals surface area contributed by atoms with Crippen LogP contribution in [0.25, 0.3) is 0 Å². The van der Waals surface area contributed by atoms with E-state index >= 15 is 0 Å². The van der Waals surface area contributed by atoms with Gasteiger partial charge in [0.2, 0.25) is 5.91 Å². The summed E-state index contributed by atoms with van der Waals surface area (Å²) in [6.45, 7) is 6.88. The molecule has 0 aromatic heterocycles. The monoisotopic (exact) mass is 269 g/mol. The van der Waals surface area contributed by atoms with Crippen molar-refractivity contribution in [2.75, 3.05) is 27.7 Å². The van der Waals surface area contributed by atoms with E-state index in [2.05, 4.69) is 36.6 Å². The fourth-order valence-corrected chi connectivity index (χ4v) is 2.94. The molecule has 19 heavy (non-hydrogen) atoms. The number of rotatable bonds is 5. The SMILES string of the molecule is CNC(C)(C)C(=O)NCC1(N(C)C)CCCC(C)C1. The Morgan fingerprint density at radius 2 is 2.05 bits per heavy atom. The molecule has 0 radical (unpaired) electrons. The van der Waals surface area contributed by atoms with E-state index < -0.39 is 5.54 Å². The van der Waals surface area contributed by atoms with Gasteiger partial charge in [-0.05, 0) is 53.8 Å². The maximum atomic E-state index is 12.2. The Kier molecular flexibility index (Phi) is 5.39. The lowest BCUT2D eigenvalue weighted by atomic mass is 9.75. The Hall–Kier alpha value is -0.610. The largest absolute Gasteiger partial charge is 0.353 e. The average molecular weight is 269 g/mol. The molecule has 2 unspecified atom stereocenters. The first-order valence-corrected chi connectivity index (χ1v) is 7.38. The standard InChI is InChI=1S/C15H31N3O/c1-12-8-7-9-15(10-12,18(5)6)11-17-13(19)14(2,3)16-4/h12,16H,7-11H2,1-6H3,(H,17,19). The lowest BCUT2D eigenvalue weighted by molar-refractivity contribution is -0.127. The van der Waals surface area contributed by atoms with Gasteiger partial charge in [0.15, 0.2) is 0 Å². The molecule has 4 nitrogen and oxygen atoms in total. The van der Waals surface area contributed by atoms with Gasteiger partial charge in [-0.3, -0.25) is 4.79 Å². The molecule has 4 heteroatoms. The van der Waals surface area contributed by atoms with Crippen molar-refractivity contribution in [3.8, 4) is 0 Å². The minimum Gasteiger partial charge on any atom is -0.353 e. The first kappa shape index (κ1) is 16.4. The molecule has 0 bridgehead atoms. The predicted octanol–water partition coefficient (Wildman–Crippen LogP) is 1.61. The van der Waals surface area contributed by atoms with Gasteiger partial charge in [0.1, 0.15) is 0 Å². The van der Waals surface area contributed by atoms with Crippen LogP contribution in [0, 0.1) is 5.92 Å². The number of amides is 1. The van der Waals surface area contributed by atoms with Crippen LogP contribution in [-0.4, -0.2) is 49.6 Å². The van der Waals surface area contributed by atoms with Crippen LogP contribution in [0.2, 0.25) is 0 Å². The smallest absolute Gasteiger partial charge is 0.239 e. The number of likely N-dealkylation sites (N-methyl/N-ethyl adjacent to an activating group) is 2. The predicted molar refractivity (Wildman–Crippen MR) is 80.2 cm³/mol. The van der Waals surface area contributed by atoms with Crippen molar-refractivity contribution in [1.82, 2.24) is 15.5 Å². The summed E-state index contributed by atoms with van der Waals surface area (Å²) in [5.41, 5.74) is -0.384. The van der Waals surface area contributed by atoms with E-state index in [1.165, 1.54) is 25.7 Å². The van der Waals surface area contributed by atoms with Gasteiger partial charge >= 0.3 is 0 Å². The van der Waals surface area contributed by atoms with Crippen molar-refractivity contribution < 1.29 is 4.79 Å². The molecule has 2 atom stereocenters. The number of hydrogen-bond donors (Lipinski definition) is 2. The summed E-state index contributed by atoms with van der Waals surface area (Å²) >= 11 is 0. The first-order chi connectivity index (χ1) is 8.73. The molecular weight excluding hydrogens is 238 g/mol. The summed E-state index contributed by atoms with van der Waals surface area (Å²) < 4.78 is 0. The Morgan fingerprint density at radius 3 is 2.53 bits per heavy atom. The molecule has 0 aromatic rings. The maximum Gasteiger partial charge on any atom is 0.239 e. The van der Waals surface area contributed by atoms with Crippen LogP contribution in [0.5, 0.6) is 0 Å². The molecule has 0 aliphatic heterocycles. The molecule has 0 heterocycles.